The van der Waals surface area contributed by atoms with Crippen molar-refractivity contribution < 1.29 is 4.39 Å². The van der Waals surface area contributed by atoms with Gasteiger partial charge in [-0.05, 0) is 58.8 Å². The second-order valence-electron chi connectivity index (χ2n) is 4.93. The molecule has 0 saturated heterocycles. The van der Waals surface area contributed by atoms with E-state index in [2.05, 4.69) is 52.1 Å². The van der Waals surface area contributed by atoms with Gasteiger partial charge in [0.2, 0.25) is 0 Å². The van der Waals surface area contributed by atoms with E-state index in [0.29, 0.717) is 0 Å². The minimum Gasteiger partial charge on any atom is -0.235 e. The largest absolute Gasteiger partial charge is 0.235 e. The smallest absolute Gasteiger partial charge is 0.123 e. The topological polar surface area (TPSA) is 12.9 Å². The van der Waals surface area contributed by atoms with Gasteiger partial charge in [0, 0.05) is 5.56 Å². The maximum absolute atomic E-state index is 13.0. The van der Waals surface area contributed by atoms with Crippen molar-refractivity contribution in [1.82, 2.24) is 4.98 Å². The Morgan fingerprint density at radius 2 is 1.68 bits per heavy atom. The minimum absolute atomic E-state index is 0.241. The first-order valence-electron chi connectivity index (χ1n) is 6.79. The highest BCUT2D eigenvalue weighted by molar-refractivity contribution is 9.11. The van der Waals surface area contributed by atoms with Crippen molar-refractivity contribution in [3.05, 3.63) is 74.3 Å². The molecule has 1 aromatic heterocycles. The fourth-order valence-corrected chi connectivity index (χ4v) is 3.55. The van der Waals surface area contributed by atoms with Crippen LogP contribution in [0.1, 0.15) is 16.1 Å². The van der Waals surface area contributed by atoms with Crippen molar-refractivity contribution in [3.8, 4) is 11.3 Å². The molecule has 22 heavy (non-hydrogen) atoms. The number of rotatable bonds is 3. The Balaban J connectivity index is 1.85. The molecule has 0 atom stereocenters. The monoisotopic (exact) mass is 373 g/mol. The van der Waals surface area contributed by atoms with Crippen LogP contribution >= 0.6 is 27.3 Å². The molecule has 0 spiro atoms. The third kappa shape index (κ3) is 3.51. The molecule has 0 aliphatic carbocycles. The number of aromatic nitrogens is 1. The first kappa shape index (κ1) is 15.1. The van der Waals surface area contributed by atoms with Gasteiger partial charge in [0.25, 0.3) is 0 Å². The molecular formula is C18H13BrFNS. The summed E-state index contributed by atoms with van der Waals surface area (Å²) in [4.78, 5) is 4.60. The van der Waals surface area contributed by atoms with Crippen LogP contribution in [0.2, 0.25) is 0 Å². The van der Waals surface area contributed by atoms with Gasteiger partial charge in [-0.1, -0.05) is 35.9 Å². The van der Waals surface area contributed by atoms with Crippen molar-refractivity contribution in [2.45, 2.75) is 6.92 Å². The Hall–Kier alpha value is -1.78. The summed E-state index contributed by atoms with van der Waals surface area (Å²) < 4.78 is 14.0. The summed E-state index contributed by atoms with van der Waals surface area (Å²) in [6, 6.07) is 14.7. The van der Waals surface area contributed by atoms with E-state index >= 15 is 0 Å². The molecule has 0 amide bonds. The first-order chi connectivity index (χ1) is 10.6. The van der Waals surface area contributed by atoms with Crippen LogP contribution in [0.5, 0.6) is 0 Å². The number of hydrogen-bond donors (Lipinski definition) is 0. The standard InChI is InChI=1S/C18H13BrFNS/c1-12-2-4-13(5-3-12)6-11-16-21-17(18(19)22-16)14-7-9-15(20)10-8-14/h2-11H,1H3. The molecule has 0 radical (unpaired) electrons. The van der Waals surface area contributed by atoms with Crippen molar-refractivity contribution in [3.63, 3.8) is 0 Å². The summed E-state index contributed by atoms with van der Waals surface area (Å²) in [6.45, 7) is 2.07. The van der Waals surface area contributed by atoms with E-state index in [-0.39, 0.29) is 5.82 Å². The lowest BCUT2D eigenvalue weighted by atomic mass is 10.1. The van der Waals surface area contributed by atoms with Gasteiger partial charge < -0.3 is 0 Å². The number of benzene rings is 2. The summed E-state index contributed by atoms with van der Waals surface area (Å²) >= 11 is 5.10. The molecule has 0 fully saturated rings. The van der Waals surface area contributed by atoms with Crippen molar-refractivity contribution in [1.29, 1.82) is 0 Å². The van der Waals surface area contributed by atoms with E-state index < -0.39 is 0 Å². The van der Waals surface area contributed by atoms with Gasteiger partial charge >= 0.3 is 0 Å². The molecule has 2 aromatic carbocycles. The molecule has 4 heteroatoms. The van der Waals surface area contributed by atoms with Gasteiger partial charge in [-0.25, -0.2) is 9.37 Å². The molecule has 1 nitrogen and oxygen atoms in total. The van der Waals surface area contributed by atoms with Gasteiger partial charge in [0.1, 0.15) is 10.8 Å². The Kier molecular flexibility index (Phi) is 4.50. The molecule has 0 N–H and O–H groups in total. The van der Waals surface area contributed by atoms with Crippen LogP contribution < -0.4 is 0 Å². The lowest BCUT2D eigenvalue weighted by Crippen LogP contribution is -1.80. The van der Waals surface area contributed by atoms with Crippen LogP contribution in [-0.2, 0) is 0 Å². The lowest BCUT2D eigenvalue weighted by Gasteiger charge is -1.96. The molecule has 0 bridgehead atoms. The number of halogens is 2. The van der Waals surface area contributed by atoms with Crippen molar-refractivity contribution >= 4 is 39.4 Å². The van der Waals surface area contributed by atoms with Crippen LogP contribution in [0.25, 0.3) is 23.4 Å². The molecule has 110 valence electrons. The summed E-state index contributed by atoms with van der Waals surface area (Å²) in [5.41, 5.74) is 4.13. The Morgan fingerprint density at radius 1 is 1.00 bits per heavy atom. The third-order valence-electron chi connectivity index (χ3n) is 3.22. The maximum atomic E-state index is 13.0. The molecule has 0 aliphatic rings. The number of nitrogens with zero attached hydrogens (tertiary/aromatic N) is 1. The number of aryl methyl sites for hydroxylation is 1. The van der Waals surface area contributed by atoms with E-state index in [1.165, 1.54) is 17.7 Å². The van der Waals surface area contributed by atoms with Crippen LogP contribution in [0.3, 0.4) is 0 Å². The Morgan fingerprint density at radius 3 is 2.36 bits per heavy atom. The van der Waals surface area contributed by atoms with E-state index in [4.69, 9.17) is 0 Å². The second kappa shape index (κ2) is 6.55. The lowest BCUT2D eigenvalue weighted by molar-refractivity contribution is 0.628. The zero-order chi connectivity index (χ0) is 15.5. The van der Waals surface area contributed by atoms with E-state index in [0.717, 1.165) is 25.6 Å². The summed E-state index contributed by atoms with van der Waals surface area (Å²) in [6.07, 6.45) is 4.03. The fraction of sp³-hybridized carbons (Fsp3) is 0.0556. The molecule has 0 aliphatic heterocycles. The highest BCUT2D eigenvalue weighted by atomic mass is 79.9. The van der Waals surface area contributed by atoms with E-state index in [1.54, 1.807) is 23.5 Å². The number of hydrogen-bond acceptors (Lipinski definition) is 2. The normalized spacial score (nSPS) is 11.2. The first-order valence-corrected chi connectivity index (χ1v) is 8.40. The van der Waals surface area contributed by atoms with Crippen LogP contribution in [0.4, 0.5) is 4.39 Å². The zero-order valence-electron chi connectivity index (χ0n) is 11.9. The molecule has 3 rings (SSSR count). The fourth-order valence-electron chi connectivity index (χ4n) is 2.02. The van der Waals surface area contributed by atoms with Gasteiger partial charge in [0.15, 0.2) is 0 Å². The summed E-state index contributed by atoms with van der Waals surface area (Å²) in [5.74, 6) is -0.241. The van der Waals surface area contributed by atoms with Crippen LogP contribution in [-0.4, -0.2) is 4.98 Å². The van der Waals surface area contributed by atoms with Crippen molar-refractivity contribution in [2.24, 2.45) is 0 Å². The summed E-state index contributed by atoms with van der Waals surface area (Å²) in [7, 11) is 0. The van der Waals surface area contributed by atoms with Crippen molar-refractivity contribution in [2.75, 3.05) is 0 Å². The van der Waals surface area contributed by atoms with Gasteiger partial charge in [-0.15, -0.1) is 11.3 Å². The molecule has 3 aromatic rings. The predicted octanol–water partition coefficient (Wildman–Crippen LogP) is 6.19. The van der Waals surface area contributed by atoms with Crippen LogP contribution in [0.15, 0.2) is 52.3 Å². The van der Waals surface area contributed by atoms with Crippen LogP contribution in [0, 0.1) is 12.7 Å². The molecule has 1 heterocycles. The van der Waals surface area contributed by atoms with E-state index in [1.807, 2.05) is 12.2 Å². The number of thiazole rings is 1. The SMILES string of the molecule is Cc1ccc(C=Cc2nc(-c3ccc(F)cc3)c(Br)s2)cc1. The Labute approximate surface area is 141 Å². The maximum Gasteiger partial charge on any atom is 0.123 e. The van der Waals surface area contributed by atoms with Gasteiger partial charge in [0.05, 0.1) is 9.48 Å². The summed E-state index contributed by atoms with van der Waals surface area (Å²) in [5, 5.41) is 0.909. The minimum atomic E-state index is -0.241. The zero-order valence-corrected chi connectivity index (χ0v) is 14.3. The second-order valence-corrected chi connectivity index (χ2v) is 7.27. The predicted molar refractivity (Wildman–Crippen MR) is 95.3 cm³/mol. The average molecular weight is 374 g/mol. The molecule has 0 saturated carbocycles. The molecule has 0 unspecified atom stereocenters. The average Bonchev–Trinajstić information content (AvgIpc) is 2.89. The molecular weight excluding hydrogens is 361 g/mol. The van der Waals surface area contributed by atoms with E-state index in [9.17, 15) is 4.39 Å². The highest BCUT2D eigenvalue weighted by Gasteiger charge is 2.09. The quantitative estimate of drug-likeness (QED) is 0.533. The van der Waals surface area contributed by atoms with Gasteiger partial charge in [-0.3, -0.25) is 0 Å². The van der Waals surface area contributed by atoms with Gasteiger partial charge in [-0.2, -0.15) is 0 Å². The third-order valence-corrected chi connectivity index (χ3v) is 4.89. The highest BCUT2D eigenvalue weighted by Crippen LogP contribution is 2.33. The Bertz CT molecular complexity index is 804.